The highest BCUT2D eigenvalue weighted by Gasteiger charge is 2.19. The largest absolute Gasteiger partial charge is 0.481 e. The van der Waals surface area contributed by atoms with Gasteiger partial charge in [-0.25, -0.2) is 0 Å². The molecule has 0 aromatic carbocycles. The van der Waals surface area contributed by atoms with Gasteiger partial charge >= 0.3 is 5.97 Å². The Balaban J connectivity index is 2.42. The predicted octanol–water partition coefficient (Wildman–Crippen LogP) is 2.45. The van der Waals surface area contributed by atoms with Crippen molar-refractivity contribution in [3.63, 3.8) is 0 Å². The van der Waals surface area contributed by atoms with Crippen LogP contribution in [0.2, 0.25) is 0 Å². The van der Waals surface area contributed by atoms with Gasteiger partial charge in [-0.05, 0) is 25.2 Å². The first-order chi connectivity index (χ1) is 5.74. The Kier molecular flexibility index (Phi) is 3.32. The third-order valence-corrected chi connectivity index (χ3v) is 2.44. The monoisotopic (exact) mass is 168 g/mol. The zero-order valence-corrected chi connectivity index (χ0v) is 7.49. The molecule has 0 radical (unpaired) electrons. The lowest BCUT2D eigenvalue weighted by molar-refractivity contribution is -0.140. The van der Waals surface area contributed by atoms with Crippen LogP contribution in [0.4, 0.5) is 0 Å². The van der Waals surface area contributed by atoms with E-state index < -0.39 is 5.97 Å². The Morgan fingerprint density at radius 1 is 1.50 bits per heavy atom. The molecule has 0 saturated carbocycles. The van der Waals surface area contributed by atoms with Gasteiger partial charge in [-0.3, -0.25) is 4.79 Å². The summed E-state index contributed by atoms with van der Waals surface area (Å²) in [6.45, 7) is 2.16. The first kappa shape index (κ1) is 9.30. The molecule has 12 heavy (non-hydrogen) atoms. The fraction of sp³-hybridized carbons (Fsp3) is 0.700. The van der Waals surface area contributed by atoms with Crippen LogP contribution in [0.3, 0.4) is 0 Å². The topological polar surface area (TPSA) is 37.3 Å². The lowest BCUT2D eigenvalue weighted by atomic mass is 9.86. The molecule has 0 bridgehead atoms. The third kappa shape index (κ3) is 2.36. The van der Waals surface area contributed by atoms with Gasteiger partial charge in [0.25, 0.3) is 0 Å². The summed E-state index contributed by atoms with van der Waals surface area (Å²) in [5.41, 5.74) is 0. The zero-order valence-electron chi connectivity index (χ0n) is 7.49. The van der Waals surface area contributed by atoms with Gasteiger partial charge in [0, 0.05) is 0 Å². The normalized spacial score (nSPS) is 28.8. The van der Waals surface area contributed by atoms with Crippen molar-refractivity contribution in [1.82, 2.24) is 0 Å². The molecule has 2 nitrogen and oxygen atoms in total. The van der Waals surface area contributed by atoms with Crippen molar-refractivity contribution in [1.29, 1.82) is 0 Å². The van der Waals surface area contributed by atoms with Gasteiger partial charge in [-0.1, -0.05) is 25.5 Å². The maximum absolute atomic E-state index is 10.6. The molecule has 0 unspecified atom stereocenters. The van der Waals surface area contributed by atoms with E-state index in [-0.39, 0.29) is 5.92 Å². The fourth-order valence-electron chi connectivity index (χ4n) is 1.69. The first-order valence-electron chi connectivity index (χ1n) is 4.65. The van der Waals surface area contributed by atoms with Gasteiger partial charge < -0.3 is 5.11 Å². The van der Waals surface area contributed by atoms with E-state index in [9.17, 15) is 4.79 Å². The van der Waals surface area contributed by atoms with Crippen molar-refractivity contribution in [2.24, 2.45) is 11.8 Å². The van der Waals surface area contributed by atoms with Crippen molar-refractivity contribution < 1.29 is 9.90 Å². The van der Waals surface area contributed by atoms with Crippen molar-refractivity contribution in [2.75, 3.05) is 0 Å². The molecule has 0 fully saturated rings. The van der Waals surface area contributed by atoms with Crippen LogP contribution in [-0.4, -0.2) is 11.1 Å². The fourth-order valence-corrected chi connectivity index (χ4v) is 1.69. The third-order valence-electron chi connectivity index (χ3n) is 2.44. The summed E-state index contributed by atoms with van der Waals surface area (Å²) < 4.78 is 0. The summed E-state index contributed by atoms with van der Waals surface area (Å²) in [7, 11) is 0. The number of carboxylic acid groups (broad SMARTS) is 1. The molecular weight excluding hydrogens is 152 g/mol. The van der Waals surface area contributed by atoms with Crippen molar-refractivity contribution in [3.05, 3.63) is 12.2 Å². The van der Waals surface area contributed by atoms with E-state index in [0.29, 0.717) is 5.92 Å². The highest BCUT2D eigenvalue weighted by molar-refractivity contribution is 5.72. The number of carbonyl (C=O) groups is 1. The molecule has 0 heterocycles. The minimum atomic E-state index is -0.679. The summed E-state index contributed by atoms with van der Waals surface area (Å²) >= 11 is 0. The van der Waals surface area contributed by atoms with Crippen LogP contribution in [-0.2, 0) is 4.79 Å². The van der Waals surface area contributed by atoms with Gasteiger partial charge in [0.15, 0.2) is 0 Å². The Labute approximate surface area is 73.3 Å². The number of carboxylic acids is 1. The number of hydrogen-bond donors (Lipinski definition) is 1. The molecule has 1 rings (SSSR count). The number of rotatable bonds is 3. The van der Waals surface area contributed by atoms with Crippen LogP contribution < -0.4 is 0 Å². The molecule has 0 aromatic heterocycles. The van der Waals surface area contributed by atoms with Crippen LogP contribution in [0.1, 0.15) is 32.6 Å². The van der Waals surface area contributed by atoms with Crippen LogP contribution in [0.5, 0.6) is 0 Å². The summed E-state index contributed by atoms with van der Waals surface area (Å²) in [6, 6.07) is 0. The molecule has 0 saturated heterocycles. The standard InChI is InChI=1S/C10H16O2/c1-2-3-8-4-6-9(7-5-8)10(11)12/h4,6,8-9H,2-3,5,7H2,1H3,(H,11,12)/t8-,9-/m1/s1. The zero-order chi connectivity index (χ0) is 8.97. The smallest absolute Gasteiger partial charge is 0.310 e. The Hall–Kier alpha value is -0.790. The van der Waals surface area contributed by atoms with E-state index in [2.05, 4.69) is 13.0 Å². The van der Waals surface area contributed by atoms with E-state index in [1.54, 1.807) is 0 Å². The summed E-state index contributed by atoms with van der Waals surface area (Å²) in [4.78, 5) is 10.6. The summed E-state index contributed by atoms with van der Waals surface area (Å²) in [6.07, 6.45) is 8.17. The average molecular weight is 168 g/mol. The molecule has 1 N–H and O–H groups in total. The summed E-state index contributed by atoms with van der Waals surface area (Å²) in [5, 5.41) is 8.70. The van der Waals surface area contributed by atoms with Crippen molar-refractivity contribution in [3.8, 4) is 0 Å². The minimum absolute atomic E-state index is 0.224. The number of allylic oxidation sites excluding steroid dienone is 1. The van der Waals surface area contributed by atoms with Crippen LogP contribution in [0, 0.1) is 11.8 Å². The second-order valence-electron chi connectivity index (χ2n) is 3.46. The first-order valence-corrected chi connectivity index (χ1v) is 4.65. The molecule has 0 aromatic rings. The number of hydrogen-bond acceptors (Lipinski definition) is 1. The van der Waals surface area contributed by atoms with Crippen LogP contribution >= 0.6 is 0 Å². The Morgan fingerprint density at radius 2 is 2.25 bits per heavy atom. The van der Waals surface area contributed by atoms with Crippen LogP contribution in [0.25, 0.3) is 0 Å². The van der Waals surface area contributed by atoms with E-state index in [0.717, 1.165) is 12.8 Å². The average Bonchev–Trinajstić information content (AvgIpc) is 2.06. The van der Waals surface area contributed by atoms with Gasteiger partial charge in [0.2, 0.25) is 0 Å². The predicted molar refractivity (Wildman–Crippen MR) is 47.9 cm³/mol. The SMILES string of the molecule is CCC[C@@H]1C=C[C@@H](C(=O)O)CC1. The molecule has 68 valence electrons. The molecule has 2 heteroatoms. The van der Waals surface area contributed by atoms with E-state index in [1.807, 2.05) is 6.08 Å². The Bertz CT molecular complexity index is 184. The van der Waals surface area contributed by atoms with Gasteiger partial charge in [0.1, 0.15) is 0 Å². The van der Waals surface area contributed by atoms with Gasteiger partial charge in [0.05, 0.1) is 5.92 Å². The van der Waals surface area contributed by atoms with E-state index in [1.165, 1.54) is 12.8 Å². The highest BCUT2D eigenvalue weighted by atomic mass is 16.4. The highest BCUT2D eigenvalue weighted by Crippen LogP contribution is 2.25. The van der Waals surface area contributed by atoms with Crippen LogP contribution in [0.15, 0.2) is 12.2 Å². The molecule has 0 aliphatic heterocycles. The summed E-state index contributed by atoms with van der Waals surface area (Å²) in [5.74, 6) is -0.273. The number of aliphatic carboxylic acids is 1. The lowest BCUT2D eigenvalue weighted by Crippen LogP contribution is -2.16. The Morgan fingerprint density at radius 3 is 2.67 bits per heavy atom. The molecule has 1 aliphatic carbocycles. The van der Waals surface area contributed by atoms with E-state index in [4.69, 9.17) is 5.11 Å². The van der Waals surface area contributed by atoms with Gasteiger partial charge in [-0.2, -0.15) is 0 Å². The maximum Gasteiger partial charge on any atom is 0.310 e. The second kappa shape index (κ2) is 4.29. The molecule has 1 aliphatic rings. The maximum atomic E-state index is 10.6. The molecular formula is C10H16O2. The molecule has 0 amide bonds. The van der Waals surface area contributed by atoms with Gasteiger partial charge in [-0.15, -0.1) is 0 Å². The molecule has 0 spiro atoms. The van der Waals surface area contributed by atoms with Crippen molar-refractivity contribution in [2.45, 2.75) is 32.6 Å². The second-order valence-corrected chi connectivity index (χ2v) is 3.46. The van der Waals surface area contributed by atoms with E-state index >= 15 is 0 Å². The molecule has 2 atom stereocenters. The lowest BCUT2D eigenvalue weighted by Gasteiger charge is -2.19. The van der Waals surface area contributed by atoms with Crippen molar-refractivity contribution >= 4 is 5.97 Å². The minimum Gasteiger partial charge on any atom is -0.481 e. The quantitative estimate of drug-likeness (QED) is 0.657.